The van der Waals surface area contributed by atoms with Gasteiger partial charge in [0.2, 0.25) is 0 Å². The summed E-state index contributed by atoms with van der Waals surface area (Å²) in [5.74, 6) is 0. The van der Waals surface area contributed by atoms with Crippen LogP contribution in [0.4, 0.5) is 5.69 Å². The number of nitrogens with zero attached hydrogens (tertiary/aromatic N) is 3. The van der Waals surface area contributed by atoms with Gasteiger partial charge in [0.05, 0.1) is 37.3 Å². The summed E-state index contributed by atoms with van der Waals surface area (Å²) in [4.78, 5) is 12.0. The highest BCUT2D eigenvalue weighted by atomic mass is 32.1. The molecule has 0 saturated carbocycles. The second kappa shape index (κ2) is 22.9. The van der Waals surface area contributed by atoms with Crippen molar-refractivity contribution in [2.45, 2.75) is 13.8 Å². The minimum absolute atomic E-state index is 0. The van der Waals surface area contributed by atoms with Crippen LogP contribution in [0.25, 0.3) is 118 Å². The summed E-state index contributed by atoms with van der Waals surface area (Å²) in [6.07, 6.45) is 1.01. The molecule has 0 atom stereocenters. The molecular weight excluding hydrogens is 1130 g/mol. The van der Waals surface area contributed by atoms with Crippen LogP contribution in [-0.2, 0) is 6.42 Å². The fourth-order valence-corrected chi connectivity index (χ4v) is 18.1. The predicted molar refractivity (Wildman–Crippen MR) is 380 cm³/mol. The minimum atomic E-state index is -0.446. The van der Waals surface area contributed by atoms with Gasteiger partial charge in [-0.05, 0) is 114 Å². The number of rotatable bonds is 7. The lowest BCUT2D eigenvalue weighted by Gasteiger charge is -2.18. The van der Waals surface area contributed by atoms with Crippen LogP contribution in [0.15, 0.2) is 303 Å². The fraction of sp³-hybridized carbons (Fsp3) is 0.0250. The van der Waals surface area contributed by atoms with E-state index in [0.717, 1.165) is 59.6 Å². The van der Waals surface area contributed by atoms with E-state index in [0.29, 0.717) is 5.56 Å². The molecule has 0 spiro atoms. The van der Waals surface area contributed by atoms with Gasteiger partial charge >= 0.3 is 0 Å². The van der Waals surface area contributed by atoms with Crippen LogP contribution < -0.4 is 15.9 Å². The summed E-state index contributed by atoms with van der Waals surface area (Å²) in [6, 6.07) is 107. The van der Waals surface area contributed by atoms with E-state index >= 15 is 0 Å². The smallest absolute Gasteiger partial charge is 0.278 e. The number of benzene rings is 13. The van der Waals surface area contributed by atoms with Gasteiger partial charge < -0.3 is 9.13 Å². The molecule has 88 heavy (non-hydrogen) atoms. The second-order valence-corrected chi connectivity index (χ2v) is 26.2. The maximum absolute atomic E-state index is 12.3. The van der Waals surface area contributed by atoms with Gasteiger partial charge in [-0.3, -0.25) is 10.1 Å². The molecule has 18 rings (SSSR count). The zero-order chi connectivity index (χ0) is 58.0. The van der Waals surface area contributed by atoms with Crippen LogP contribution in [-0.4, -0.2) is 14.1 Å². The molecule has 0 saturated heterocycles. The summed E-state index contributed by atoms with van der Waals surface area (Å²) in [6.45, 7) is 0. The van der Waals surface area contributed by atoms with Crippen LogP contribution in [0.2, 0.25) is 0 Å². The lowest BCUT2D eigenvalue weighted by atomic mass is 9.96. The Morgan fingerprint density at radius 1 is 0.341 bits per heavy atom. The van der Waals surface area contributed by atoms with Crippen molar-refractivity contribution in [2.75, 3.05) is 0 Å². The van der Waals surface area contributed by atoms with Crippen molar-refractivity contribution in [1.82, 2.24) is 9.13 Å². The molecule has 4 aromatic heterocycles. The number of fused-ring (bicyclic) bond motifs is 17. The Morgan fingerprint density at radius 3 is 1.26 bits per heavy atom. The standard InChI is InChI=1S/C31H19NS.C30H18N2O2S.C18H15P.CH4/c1-2-8-21(9-3-1)32-25-12-6-4-11-24(25)30-26(32)17-15-19-18-20-14-16-23-22-10-5-7-13-27(22)33-31(23)29(20)28(19)30;33-32(34)26-18-17-21-20-11-5-7-16-27(20)35-30(21)29(26)23-13-8-15-25-28(23)22-12-4-6-14-24(22)31(25)19-9-2-1-3-10-19;1-4-10-16(11-5-1)19(17-12-6-2-7-13-17)18-14-8-3-9-15-18;/h1-17H,18H2;1-18H;1-15H;1H4. The molecule has 0 unspecified atom stereocenters. The normalized spacial score (nSPS) is 11.7. The van der Waals surface area contributed by atoms with Crippen molar-refractivity contribution < 1.29 is 4.92 Å². The van der Waals surface area contributed by atoms with E-state index in [1.165, 1.54) is 85.8 Å². The van der Waals surface area contributed by atoms with Gasteiger partial charge in [0.15, 0.2) is 0 Å². The molecule has 0 aliphatic heterocycles. The molecular formula is C80H56N3O2PS2. The highest BCUT2D eigenvalue weighted by molar-refractivity contribution is 7.79. The molecule has 13 aromatic carbocycles. The Kier molecular flexibility index (Phi) is 14.1. The maximum Gasteiger partial charge on any atom is 0.278 e. The maximum atomic E-state index is 12.3. The van der Waals surface area contributed by atoms with Crippen LogP contribution in [0.5, 0.6) is 0 Å². The minimum Gasteiger partial charge on any atom is -0.309 e. The van der Waals surface area contributed by atoms with E-state index in [2.05, 4.69) is 246 Å². The Labute approximate surface area is 518 Å². The highest BCUT2D eigenvalue weighted by Gasteiger charge is 2.29. The number of hydrogen-bond donors (Lipinski definition) is 0. The number of para-hydroxylation sites is 4. The summed E-state index contributed by atoms with van der Waals surface area (Å²) >= 11 is 3.56. The molecule has 5 nitrogen and oxygen atoms in total. The first-order valence-electron chi connectivity index (χ1n) is 29.2. The second-order valence-electron chi connectivity index (χ2n) is 21.9. The molecule has 0 radical (unpaired) electrons. The third-order valence-electron chi connectivity index (χ3n) is 16.9. The first-order valence-corrected chi connectivity index (χ1v) is 32.2. The van der Waals surface area contributed by atoms with Gasteiger partial charge in [-0.2, -0.15) is 0 Å². The van der Waals surface area contributed by atoms with Crippen molar-refractivity contribution >= 4 is 136 Å². The zero-order valence-electron chi connectivity index (χ0n) is 47.0. The number of nitro benzene ring substituents is 1. The Morgan fingerprint density at radius 2 is 0.739 bits per heavy atom. The molecule has 420 valence electrons. The van der Waals surface area contributed by atoms with Crippen LogP contribution in [0.3, 0.4) is 0 Å². The molecule has 0 bridgehead atoms. The van der Waals surface area contributed by atoms with Crippen molar-refractivity contribution in [1.29, 1.82) is 0 Å². The van der Waals surface area contributed by atoms with Crippen molar-refractivity contribution in [3.63, 3.8) is 0 Å². The SMILES string of the molecule is C.O=[N+]([O-])c1ccc2c(sc3ccccc32)c1-c1cccc2c1c1ccccc1n2-c1ccccc1.c1ccc(-n2c3ccccc3c3c4c(ccc32)Cc2ccc3c(sc5ccccc53)c2-4)cc1.c1ccc(P(c2ccccc2)c2ccccc2)cc1. The number of thiophene rings is 2. The van der Waals surface area contributed by atoms with Gasteiger partial charge in [0.1, 0.15) is 0 Å². The van der Waals surface area contributed by atoms with Crippen molar-refractivity contribution in [2.24, 2.45) is 0 Å². The zero-order valence-corrected chi connectivity index (χ0v) is 49.5. The molecule has 0 fully saturated rings. The van der Waals surface area contributed by atoms with Gasteiger partial charge in [-0.25, -0.2) is 0 Å². The Bertz CT molecular complexity index is 5370. The lowest BCUT2D eigenvalue weighted by Crippen LogP contribution is -2.20. The summed E-state index contributed by atoms with van der Waals surface area (Å²) in [5, 5.41) is 26.2. The van der Waals surface area contributed by atoms with Gasteiger partial charge in [-0.15, -0.1) is 22.7 Å². The molecule has 4 heterocycles. The molecule has 0 amide bonds. The topological polar surface area (TPSA) is 53.0 Å². The summed E-state index contributed by atoms with van der Waals surface area (Å²) < 4.78 is 9.54. The average molecular weight is 1190 g/mol. The van der Waals surface area contributed by atoms with Gasteiger partial charge in [0, 0.05) is 85.8 Å². The monoisotopic (exact) mass is 1190 g/mol. The van der Waals surface area contributed by atoms with E-state index in [4.69, 9.17) is 0 Å². The van der Waals surface area contributed by atoms with Crippen LogP contribution >= 0.6 is 30.6 Å². The Balaban J connectivity index is 0.000000115. The highest BCUT2D eigenvalue weighted by Crippen LogP contribution is 2.52. The fourth-order valence-electron chi connectivity index (χ4n) is 13.3. The van der Waals surface area contributed by atoms with Crippen LogP contribution in [0, 0.1) is 10.1 Å². The number of hydrogen-bond acceptors (Lipinski definition) is 4. The molecule has 1 aliphatic rings. The van der Waals surface area contributed by atoms with Gasteiger partial charge in [0.25, 0.3) is 5.69 Å². The van der Waals surface area contributed by atoms with E-state index in [1.807, 2.05) is 72.0 Å². The first kappa shape index (κ1) is 54.4. The first-order chi connectivity index (χ1) is 43.1. The van der Waals surface area contributed by atoms with Gasteiger partial charge in [-0.1, -0.05) is 238 Å². The van der Waals surface area contributed by atoms with E-state index < -0.39 is 7.92 Å². The molecule has 0 N–H and O–H groups in total. The van der Waals surface area contributed by atoms with Crippen LogP contribution in [0.1, 0.15) is 18.6 Å². The summed E-state index contributed by atoms with van der Waals surface area (Å²) in [7, 11) is -0.446. The number of aromatic nitrogens is 2. The van der Waals surface area contributed by atoms with Crippen molar-refractivity contribution in [3.8, 4) is 33.6 Å². The predicted octanol–water partition coefficient (Wildman–Crippen LogP) is 21.5. The van der Waals surface area contributed by atoms with E-state index in [-0.39, 0.29) is 18.0 Å². The average Bonchev–Trinajstić information content (AvgIpc) is 1.61. The number of nitro groups is 1. The molecule has 8 heteroatoms. The van der Waals surface area contributed by atoms with E-state index in [1.54, 1.807) is 17.4 Å². The summed E-state index contributed by atoms with van der Waals surface area (Å²) in [5.41, 5.74) is 14.4. The third kappa shape index (κ3) is 9.17. The molecule has 17 aromatic rings. The van der Waals surface area contributed by atoms with E-state index in [9.17, 15) is 10.1 Å². The lowest BCUT2D eigenvalue weighted by molar-refractivity contribution is -0.384. The third-order valence-corrected chi connectivity index (χ3v) is 21.8. The molecule has 1 aliphatic carbocycles. The largest absolute Gasteiger partial charge is 0.309 e. The quantitative estimate of drug-likeness (QED) is 0.0907. The Hall–Kier alpha value is -10.3. The van der Waals surface area contributed by atoms with Crippen molar-refractivity contribution in [3.05, 3.63) is 325 Å².